The maximum atomic E-state index is 12.2. The SMILES string of the molecule is COc1ccc(NC(C)C(=O)Nc2ccc(OC(F)(F)F)cc2)cc1Cl. The zero-order valence-electron chi connectivity index (χ0n) is 13.9. The van der Waals surface area contributed by atoms with E-state index in [9.17, 15) is 18.0 Å². The average molecular weight is 389 g/mol. The molecule has 2 N–H and O–H groups in total. The summed E-state index contributed by atoms with van der Waals surface area (Å²) in [6, 6.07) is 9.23. The molecular weight excluding hydrogens is 373 g/mol. The van der Waals surface area contributed by atoms with Gasteiger partial charge >= 0.3 is 6.36 Å². The molecular formula is C17H16ClF3N2O3. The van der Waals surface area contributed by atoms with Crippen LogP contribution in [0.5, 0.6) is 11.5 Å². The van der Waals surface area contributed by atoms with Crippen molar-refractivity contribution in [2.75, 3.05) is 17.7 Å². The molecule has 1 amide bonds. The molecule has 0 saturated heterocycles. The fourth-order valence-corrected chi connectivity index (χ4v) is 2.32. The first kappa shape index (κ1) is 19.7. The van der Waals surface area contributed by atoms with Crippen molar-refractivity contribution in [3.05, 3.63) is 47.5 Å². The van der Waals surface area contributed by atoms with Gasteiger partial charge in [0, 0.05) is 11.4 Å². The molecule has 2 aromatic rings. The van der Waals surface area contributed by atoms with Gasteiger partial charge in [-0.2, -0.15) is 0 Å². The van der Waals surface area contributed by atoms with E-state index in [0.29, 0.717) is 22.1 Å². The molecule has 0 saturated carbocycles. The van der Waals surface area contributed by atoms with E-state index >= 15 is 0 Å². The first-order chi connectivity index (χ1) is 12.2. The Morgan fingerprint density at radius 3 is 2.27 bits per heavy atom. The van der Waals surface area contributed by atoms with E-state index in [1.54, 1.807) is 25.1 Å². The molecule has 0 radical (unpaired) electrons. The van der Waals surface area contributed by atoms with Gasteiger partial charge < -0.3 is 20.1 Å². The highest BCUT2D eigenvalue weighted by atomic mass is 35.5. The number of benzene rings is 2. The zero-order valence-corrected chi connectivity index (χ0v) is 14.6. The number of nitrogens with one attached hydrogen (secondary N) is 2. The minimum absolute atomic E-state index is 0.339. The first-order valence-corrected chi connectivity index (χ1v) is 7.82. The maximum absolute atomic E-state index is 12.2. The third-order valence-electron chi connectivity index (χ3n) is 3.28. The number of hydrogen-bond acceptors (Lipinski definition) is 4. The van der Waals surface area contributed by atoms with Gasteiger partial charge in [0.05, 0.1) is 12.1 Å². The van der Waals surface area contributed by atoms with Gasteiger partial charge in [0.25, 0.3) is 0 Å². The molecule has 0 aromatic heterocycles. The monoisotopic (exact) mass is 388 g/mol. The number of carbonyl (C=O) groups is 1. The van der Waals surface area contributed by atoms with Crippen LogP contribution in [0.4, 0.5) is 24.5 Å². The lowest BCUT2D eigenvalue weighted by atomic mass is 10.2. The minimum atomic E-state index is -4.76. The number of rotatable bonds is 6. The summed E-state index contributed by atoms with van der Waals surface area (Å²) in [7, 11) is 1.50. The quantitative estimate of drug-likeness (QED) is 0.754. The number of anilines is 2. The molecule has 0 heterocycles. The van der Waals surface area contributed by atoms with Gasteiger partial charge in [0.15, 0.2) is 0 Å². The van der Waals surface area contributed by atoms with Gasteiger partial charge in [-0.3, -0.25) is 4.79 Å². The average Bonchev–Trinajstić information content (AvgIpc) is 2.55. The molecule has 0 fully saturated rings. The minimum Gasteiger partial charge on any atom is -0.495 e. The van der Waals surface area contributed by atoms with Crippen molar-refractivity contribution in [2.45, 2.75) is 19.3 Å². The topological polar surface area (TPSA) is 59.6 Å². The van der Waals surface area contributed by atoms with E-state index in [4.69, 9.17) is 16.3 Å². The van der Waals surface area contributed by atoms with E-state index in [0.717, 1.165) is 12.1 Å². The molecule has 0 spiro atoms. The van der Waals surface area contributed by atoms with Crippen LogP contribution in [0.25, 0.3) is 0 Å². The summed E-state index contributed by atoms with van der Waals surface area (Å²) in [5.41, 5.74) is 0.957. The van der Waals surface area contributed by atoms with Crippen molar-refractivity contribution >= 4 is 28.9 Å². The number of hydrogen-bond donors (Lipinski definition) is 2. The molecule has 9 heteroatoms. The van der Waals surface area contributed by atoms with Gasteiger partial charge in [-0.1, -0.05) is 11.6 Å². The Bertz CT molecular complexity index is 767. The van der Waals surface area contributed by atoms with Crippen molar-refractivity contribution in [3.8, 4) is 11.5 Å². The second-order valence-electron chi connectivity index (χ2n) is 5.28. The lowest BCUT2D eigenvalue weighted by molar-refractivity contribution is -0.274. The van der Waals surface area contributed by atoms with Crippen LogP contribution in [0, 0.1) is 0 Å². The molecule has 2 aromatic carbocycles. The first-order valence-electron chi connectivity index (χ1n) is 7.44. The normalized spacial score (nSPS) is 12.2. The Morgan fingerprint density at radius 1 is 1.12 bits per heavy atom. The molecule has 5 nitrogen and oxygen atoms in total. The van der Waals surface area contributed by atoms with Crippen LogP contribution < -0.4 is 20.1 Å². The number of carbonyl (C=O) groups excluding carboxylic acids is 1. The molecule has 26 heavy (non-hydrogen) atoms. The smallest absolute Gasteiger partial charge is 0.495 e. The van der Waals surface area contributed by atoms with E-state index in [1.165, 1.54) is 19.2 Å². The van der Waals surface area contributed by atoms with Crippen LogP contribution in [-0.4, -0.2) is 25.4 Å². The molecule has 1 unspecified atom stereocenters. The molecule has 1 atom stereocenters. The van der Waals surface area contributed by atoms with Crippen LogP contribution in [-0.2, 0) is 4.79 Å². The van der Waals surface area contributed by atoms with Crippen molar-refractivity contribution < 1.29 is 27.4 Å². The summed E-state index contributed by atoms with van der Waals surface area (Å²) in [6.45, 7) is 1.63. The van der Waals surface area contributed by atoms with Crippen molar-refractivity contribution in [3.63, 3.8) is 0 Å². The second kappa shape index (κ2) is 8.18. The second-order valence-corrected chi connectivity index (χ2v) is 5.68. The summed E-state index contributed by atoms with van der Waals surface area (Å²) in [5, 5.41) is 5.96. The van der Waals surface area contributed by atoms with Gasteiger partial charge in [-0.05, 0) is 49.4 Å². The predicted molar refractivity (Wildman–Crippen MR) is 92.8 cm³/mol. The van der Waals surface area contributed by atoms with Gasteiger partial charge in [0.2, 0.25) is 5.91 Å². The van der Waals surface area contributed by atoms with Crippen molar-refractivity contribution in [2.24, 2.45) is 0 Å². The Hall–Kier alpha value is -2.61. The number of halogens is 4. The number of alkyl halides is 3. The molecule has 0 aliphatic carbocycles. The maximum Gasteiger partial charge on any atom is 0.573 e. The van der Waals surface area contributed by atoms with Gasteiger partial charge in [-0.25, -0.2) is 0 Å². The molecule has 2 rings (SSSR count). The standard InChI is InChI=1S/C17H16ClF3N2O3/c1-10(22-12-5-8-15(25-2)14(18)9-12)16(24)23-11-3-6-13(7-4-11)26-17(19,20)21/h3-10,22H,1-2H3,(H,23,24). The summed E-state index contributed by atoms with van der Waals surface area (Å²) in [6.07, 6.45) is -4.76. The summed E-state index contributed by atoms with van der Waals surface area (Å²) in [4.78, 5) is 12.2. The van der Waals surface area contributed by atoms with E-state index in [-0.39, 0.29) is 11.7 Å². The molecule has 0 bridgehead atoms. The van der Waals surface area contributed by atoms with Crippen molar-refractivity contribution in [1.82, 2.24) is 0 Å². The van der Waals surface area contributed by atoms with Crippen LogP contribution in [0.15, 0.2) is 42.5 Å². The van der Waals surface area contributed by atoms with Gasteiger partial charge in [0.1, 0.15) is 17.5 Å². The fourth-order valence-electron chi connectivity index (χ4n) is 2.06. The van der Waals surface area contributed by atoms with Crippen molar-refractivity contribution in [1.29, 1.82) is 0 Å². The van der Waals surface area contributed by atoms with Crippen LogP contribution >= 0.6 is 11.6 Å². The molecule has 0 aliphatic rings. The third-order valence-corrected chi connectivity index (χ3v) is 3.58. The van der Waals surface area contributed by atoms with Gasteiger partial charge in [-0.15, -0.1) is 13.2 Å². The number of ether oxygens (including phenoxy) is 2. The largest absolute Gasteiger partial charge is 0.573 e. The molecule has 0 aliphatic heterocycles. The Morgan fingerprint density at radius 2 is 1.73 bits per heavy atom. The van der Waals surface area contributed by atoms with E-state index in [2.05, 4.69) is 15.4 Å². The summed E-state index contributed by atoms with van der Waals surface area (Å²) >= 11 is 6.03. The summed E-state index contributed by atoms with van der Waals surface area (Å²) < 4.78 is 45.2. The number of amides is 1. The van der Waals surface area contributed by atoms with Crippen LogP contribution in [0.2, 0.25) is 5.02 Å². The van der Waals surface area contributed by atoms with Crippen LogP contribution in [0.1, 0.15) is 6.92 Å². The van der Waals surface area contributed by atoms with E-state index in [1.807, 2.05) is 0 Å². The highest BCUT2D eigenvalue weighted by molar-refractivity contribution is 6.32. The number of methoxy groups -OCH3 is 1. The van der Waals surface area contributed by atoms with E-state index < -0.39 is 12.4 Å². The summed E-state index contributed by atoms with van der Waals surface area (Å²) in [5.74, 6) is -0.230. The fraction of sp³-hybridized carbons (Fsp3) is 0.235. The lowest BCUT2D eigenvalue weighted by Gasteiger charge is -2.16. The highest BCUT2D eigenvalue weighted by Gasteiger charge is 2.31. The predicted octanol–water partition coefficient (Wildman–Crippen LogP) is 4.69. The highest BCUT2D eigenvalue weighted by Crippen LogP contribution is 2.28. The third kappa shape index (κ3) is 5.73. The Balaban J connectivity index is 1.95. The van der Waals surface area contributed by atoms with Crippen LogP contribution in [0.3, 0.4) is 0 Å². The molecule has 140 valence electrons. The Kier molecular flexibility index (Phi) is 6.20. The lowest BCUT2D eigenvalue weighted by Crippen LogP contribution is -2.31. The Labute approximate surface area is 153 Å². The zero-order chi connectivity index (χ0) is 19.3.